The van der Waals surface area contributed by atoms with Gasteiger partial charge in [-0.3, -0.25) is 10.3 Å². The van der Waals surface area contributed by atoms with Crippen LogP contribution in [0, 0.1) is 5.82 Å². The van der Waals surface area contributed by atoms with Crippen molar-refractivity contribution in [1.29, 1.82) is 0 Å². The molecule has 0 bridgehead atoms. The first kappa shape index (κ1) is 23.6. The van der Waals surface area contributed by atoms with E-state index in [-0.39, 0.29) is 22.4 Å². The molecule has 0 saturated heterocycles. The maximum Gasteiger partial charge on any atom is 0.413 e. The Labute approximate surface area is 179 Å². The van der Waals surface area contributed by atoms with E-state index in [4.69, 9.17) is 12.2 Å². The van der Waals surface area contributed by atoms with Gasteiger partial charge in [0.05, 0.1) is 6.61 Å². The lowest BCUT2D eigenvalue weighted by atomic mass is 10.1. The number of amides is 1. The molecule has 0 aromatic carbocycles. The highest BCUT2D eigenvalue weighted by Gasteiger charge is 2.23. The Morgan fingerprint density at radius 3 is 2.47 bits per heavy atom. The quantitative estimate of drug-likeness (QED) is 0.589. The van der Waals surface area contributed by atoms with Crippen molar-refractivity contribution in [2.45, 2.75) is 38.1 Å². The molecule has 2 heterocycles. The third kappa shape index (κ3) is 6.68. The molecule has 3 N–H and O–H groups in total. The zero-order valence-corrected chi connectivity index (χ0v) is 18.4. The highest BCUT2D eigenvalue weighted by molar-refractivity contribution is 7.89. The van der Waals surface area contributed by atoms with E-state index in [0.29, 0.717) is 11.1 Å². The molecule has 0 atom stereocenters. The third-order valence-corrected chi connectivity index (χ3v) is 5.29. The molecule has 0 aliphatic rings. The Morgan fingerprint density at radius 1 is 1.20 bits per heavy atom. The van der Waals surface area contributed by atoms with Crippen LogP contribution in [-0.4, -0.2) is 41.7 Å². The predicted molar refractivity (Wildman–Crippen MR) is 114 cm³/mol. The molecule has 0 spiro atoms. The molecule has 0 saturated carbocycles. The zero-order chi connectivity index (χ0) is 22.5. The molecule has 30 heavy (non-hydrogen) atoms. The number of hydrogen-bond acceptors (Lipinski definition) is 7. The number of nitrogens with zero attached hydrogens (tertiary/aromatic N) is 2. The van der Waals surface area contributed by atoms with Crippen molar-refractivity contribution in [3.8, 4) is 11.1 Å². The number of sulfonamides is 1. The summed E-state index contributed by atoms with van der Waals surface area (Å²) in [5.41, 5.74) is -0.00849. The number of pyridine rings is 2. The molecule has 0 fully saturated rings. The highest BCUT2D eigenvalue weighted by Crippen LogP contribution is 2.24. The molecular formula is C18H22FN5O4S2. The van der Waals surface area contributed by atoms with Crippen molar-refractivity contribution in [2.75, 3.05) is 11.9 Å². The van der Waals surface area contributed by atoms with Gasteiger partial charge < -0.3 is 10.1 Å². The maximum atomic E-state index is 14.5. The maximum absolute atomic E-state index is 14.5. The van der Waals surface area contributed by atoms with Gasteiger partial charge in [0.2, 0.25) is 10.0 Å². The van der Waals surface area contributed by atoms with Crippen LogP contribution >= 0.6 is 12.2 Å². The fraction of sp³-hybridized carbons (Fsp3) is 0.333. The second kappa shape index (κ2) is 9.41. The van der Waals surface area contributed by atoms with Gasteiger partial charge in [-0.05, 0) is 52.0 Å². The Kier molecular flexibility index (Phi) is 7.39. The molecule has 12 heteroatoms. The number of thiocarbonyl (C=S) groups is 1. The molecule has 2 rings (SSSR count). The standard InChI is InChI=1S/C18H22FN5O4S2/c1-5-28-17(25)23-16(29)22-15-14(19)7-12(9-21-15)11-6-13(10-20-8-11)30(26,27)24-18(2,3)4/h6-10,24H,5H2,1-4H3,(H2,21,22,23,25,29). The second-order valence-electron chi connectivity index (χ2n) is 7.12. The molecule has 0 unspecified atom stereocenters. The van der Waals surface area contributed by atoms with Crippen LogP contribution in [0.3, 0.4) is 0 Å². The van der Waals surface area contributed by atoms with Gasteiger partial charge in [-0.25, -0.2) is 27.3 Å². The molecule has 0 aliphatic carbocycles. The summed E-state index contributed by atoms with van der Waals surface area (Å²) in [5, 5.41) is 4.48. The van der Waals surface area contributed by atoms with Gasteiger partial charge in [-0.15, -0.1) is 0 Å². The van der Waals surface area contributed by atoms with E-state index in [0.717, 1.165) is 6.07 Å². The number of aromatic nitrogens is 2. The first-order valence-electron chi connectivity index (χ1n) is 8.81. The molecule has 1 amide bonds. The van der Waals surface area contributed by atoms with Crippen LogP contribution < -0.4 is 15.4 Å². The van der Waals surface area contributed by atoms with E-state index in [1.54, 1.807) is 27.7 Å². The Hall–Kier alpha value is -2.70. The van der Waals surface area contributed by atoms with Gasteiger partial charge in [0.25, 0.3) is 0 Å². The minimum Gasteiger partial charge on any atom is -0.450 e. The van der Waals surface area contributed by atoms with Crippen LogP contribution in [-0.2, 0) is 14.8 Å². The lowest BCUT2D eigenvalue weighted by Gasteiger charge is -2.20. The van der Waals surface area contributed by atoms with E-state index in [1.807, 2.05) is 0 Å². The fourth-order valence-electron chi connectivity index (χ4n) is 2.27. The monoisotopic (exact) mass is 455 g/mol. The summed E-state index contributed by atoms with van der Waals surface area (Å²) in [5.74, 6) is -0.978. The summed E-state index contributed by atoms with van der Waals surface area (Å²) in [6, 6.07) is 2.52. The van der Waals surface area contributed by atoms with Gasteiger partial charge in [0.15, 0.2) is 16.7 Å². The van der Waals surface area contributed by atoms with Crippen LogP contribution in [0.4, 0.5) is 15.0 Å². The average Bonchev–Trinajstić information content (AvgIpc) is 2.61. The smallest absolute Gasteiger partial charge is 0.413 e. The number of alkyl carbamates (subject to hydrolysis) is 1. The van der Waals surface area contributed by atoms with Gasteiger partial charge in [-0.1, -0.05) is 0 Å². The predicted octanol–water partition coefficient (Wildman–Crippen LogP) is 2.80. The van der Waals surface area contributed by atoms with Gasteiger partial charge in [-0.2, -0.15) is 0 Å². The minimum absolute atomic E-state index is 0.0580. The van der Waals surface area contributed by atoms with E-state index in [2.05, 4.69) is 30.1 Å². The normalized spacial score (nSPS) is 11.6. The Bertz CT molecular complexity index is 1050. The summed E-state index contributed by atoms with van der Waals surface area (Å²) < 4.78 is 46.7. The largest absolute Gasteiger partial charge is 0.450 e. The van der Waals surface area contributed by atoms with Crippen LogP contribution in [0.25, 0.3) is 11.1 Å². The summed E-state index contributed by atoms with van der Waals surface area (Å²) in [7, 11) is -3.81. The number of nitrogens with one attached hydrogen (secondary N) is 3. The van der Waals surface area contributed by atoms with Crippen molar-refractivity contribution in [1.82, 2.24) is 20.0 Å². The summed E-state index contributed by atoms with van der Waals surface area (Å²) in [6.45, 7) is 6.93. The van der Waals surface area contributed by atoms with E-state index in [9.17, 15) is 17.6 Å². The van der Waals surface area contributed by atoms with Crippen LogP contribution in [0.15, 0.2) is 35.6 Å². The zero-order valence-electron chi connectivity index (χ0n) is 16.8. The van der Waals surface area contributed by atoms with Crippen molar-refractivity contribution in [3.63, 3.8) is 0 Å². The molecule has 0 aliphatic heterocycles. The molecule has 162 valence electrons. The lowest BCUT2D eigenvalue weighted by Crippen LogP contribution is -2.40. The van der Waals surface area contributed by atoms with Crippen LogP contribution in [0.2, 0.25) is 0 Å². The summed E-state index contributed by atoms with van der Waals surface area (Å²) in [4.78, 5) is 19.2. The molecular weight excluding hydrogens is 433 g/mol. The van der Waals surface area contributed by atoms with Gasteiger partial charge >= 0.3 is 6.09 Å². The van der Waals surface area contributed by atoms with E-state index >= 15 is 0 Å². The number of anilines is 1. The van der Waals surface area contributed by atoms with E-state index < -0.39 is 27.5 Å². The highest BCUT2D eigenvalue weighted by atomic mass is 32.2. The third-order valence-electron chi connectivity index (χ3n) is 3.36. The molecule has 2 aromatic heterocycles. The topological polar surface area (TPSA) is 122 Å². The number of halogens is 1. The molecule has 2 aromatic rings. The van der Waals surface area contributed by atoms with Crippen molar-refractivity contribution < 1.29 is 22.3 Å². The minimum atomic E-state index is -3.81. The molecule has 9 nitrogen and oxygen atoms in total. The SMILES string of the molecule is CCOC(=O)NC(=S)Nc1ncc(-c2cncc(S(=O)(=O)NC(C)(C)C)c2)cc1F. The summed E-state index contributed by atoms with van der Waals surface area (Å²) in [6.07, 6.45) is 3.15. The Balaban J connectivity index is 2.23. The van der Waals surface area contributed by atoms with Gasteiger partial charge in [0.1, 0.15) is 4.90 Å². The number of carbonyl (C=O) groups excluding carboxylic acids is 1. The second-order valence-corrected chi connectivity index (χ2v) is 9.21. The number of ether oxygens (including phenoxy) is 1. The average molecular weight is 456 g/mol. The number of carbonyl (C=O) groups is 1. The van der Waals surface area contributed by atoms with Crippen molar-refractivity contribution in [3.05, 3.63) is 36.5 Å². The first-order valence-corrected chi connectivity index (χ1v) is 10.7. The fourth-order valence-corrected chi connectivity index (χ4v) is 3.86. The first-order chi connectivity index (χ1) is 13.9. The van der Waals surface area contributed by atoms with Crippen LogP contribution in [0.5, 0.6) is 0 Å². The van der Waals surface area contributed by atoms with Gasteiger partial charge in [0, 0.05) is 35.3 Å². The van der Waals surface area contributed by atoms with E-state index in [1.165, 1.54) is 24.7 Å². The lowest BCUT2D eigenvalue weighted by molar-refractivity contribution is 0.158. The van der Waals surface area contributed by atoms with Crippen molar-refractivity contribution in [2.24, 2.45) is 0 Å². The summed E-state index contributed by atoms with van der Waals surface area (Å²) >= 11 is 4.90. The Morgan fingerprint density at radius 2 is 1.87 bits per heavy atom. The number of rotatable bonds is 5. The number of hydrogen-bond donors (Lipinski definition) is 3. The van der Waals surface area contributed by atoms with Crippen LogP contribution in [0.1, 0.15) is 27.7 Å². The molecule has 0 radical (unpaired) electrons. The van der Waals surface area contributed by atoms with Crippen molar-refractivity contribution >= 4 is 39.3 Å².